The van der Waals surface area contributed by atoms with Gasteiger partial charge in [-0.25, -0.2) is 0 Å². The molecule has 0 unspecified atom stereocenters. The van der Waals surface area contributed by atoms with Crippen molar-refractivity contribution in [1.82, 2.24) is 19.7 Å². The maximum absolute atomic E-state index is 13.6. The lowest BCUT2D eigenvalue weighted by atomic mass is 9.98. The summed E-state index contributed by atoms with van der Waals surface area (Å²) < 4.78 is 42.0. The minimum absolute atomic E-state index is 0.0239. The fourth-order valence-electron chi connectivity index (χ4n) is 4.38. The number of hydrogen-bond acceptors (Lipinski definition) is 6. The van der Waals surface area contributed by atoms with E-state index in [1.807, 2.05) is 0 Å². The summed E-state index contributed by atoms with van der Waals surface area (Å²) in [5.41, 5.74) is -0.561. The van der Waals surface area contributed by atoms with Crippen molar-refractivity contribution < 1.29 is 32.7 Å². The Kier molecular flexibility index (Phi) is 6.37. The number of carbonyl (C=O) groups excluding carboxylic acids is 3. The van der Waals surface area contributed by atoms with Crippen LogP contribution in [0.5, 0.6) is 0 Å². The maximum Gasteiger partial charge on any atom is 0.416 e. The molecule has 3 aromatic carbocycles. The Labute approximate surface area is 214 Å². The lowest BCUT2D eigenvalue weighted by Gasteiger charge is -2.18. The van der Waals surface area contributed by atoms with Gasteiger partial charge >= 0.3 is 6.18 Å². The van der Waals surface area contributed by atoms with E-state index < -0.39 is 35.9 Å². The Morgan fingerprint density at radius 3 is 2.05 bits per heavy atom. The number of hydrogen-bond donors (Lipinski definition) is 1. The van der Waals surface area contributed by atoms with Gasteiger partial charge in [0.25, 0.3) is 11.8 Å². The molecule has 192 valence electrons. The fraction of sp³-hybridized carbons (Fsp3) is 0.148. The summed E-state index contributed by atoms with van der Waals surface area (Å²) in [6, 6.07) is 16.9. The second-order valence-corrected chi connectivity index (χ2v) is 8.51. The van der Waals surface area contributed by atoms with Crippen molar-refractivity contribution in [3.8, 4) is 5.69 Å². The quantitative estimate of drug-likeness (QED) is 0.293. The first-order chi connectivity index (χ1) is 18.2. The lowest BCUT2D eigenvalue weighted by molar-refractivity contribution is -0.137. The molecule has 1 aromatic heterocycles. The number of aromatic nitrogens is 3. The van der Waals surface area contributed by atoms with Gasteiger partial charge in [0.2, 0.25) is 0 Å². The molecule has 2 amide bonds. The first-order valence-electron chi connectivity index (χ1n) is 11.5. The summed E-state index contributed by atoms with van der Waals surface area (Å²) in [5, 5.41) is 17.9. The molecule has 38 heavy (non-hydrogen) atoms. The van der Waals surface area contributed by atoms with Crippen molar-refractivity contribution in [3.05, 3.63) is 112 Å². The highest BCUT2D eigenvalue weighted by Gasteiger charge is 2.36. The Balaban J connectivity index is 1.55. The summed E-state index contributed by atoms with van der Waals surface area (Å²) in [6.07, 6.45) is -4.73. The van der Waals surface area contributed by atoms with Gasteiger partial charge in [0, 0.05) is 24.1 Å². The number of halogens is 3. The SMILES string of the molecule is O=C(c1ccccc1)c1cc(C(F)(F)F)ccc1-n1c(CO)nnc1CCN1C(=O)c2ccccc2C1=O. The summed E-state index contributed by atoms with van der Waals surface area (Å²) >= 11 is 0. The zero-order chi connectivity index (χ0) is 27.0. The van der Waals surface area contributed by atoms with Crippen LogP contribution < -0.4 is 0 Å². The molecule has 0 bridgehead atoms. The monoisotopic (exact) mass is 520 g/mol. The number of amides is 2. The molecule has 5 rings (SSSR count). The van der Waals surface area contributed by atoms with E-state index in [-0.39, 0.29) is 52.6 Å². The third-order valence-electron chi connectivity index (χ3n) is 6.22. The molecule has 11 heteroatoms. The average molecular weight is 520 g/mol. The van der Waals surface area contributed by atoms with Crippen molar-refractivity contribution in [2.45, 2.75) is 19.2 Å². The van der Waals surface area contributed by atoms with Crippen LogP contribution in [0.1, 0.15) is 53.8 Å². The number of carbonyl (C=O) groups is 3. The van der Waals surface area contributed by atoms with E-state index in [0.29, 0.717) is 0 Å². The zero-order valence-corrected chi connectivity index (χ0v) is 19.6. The Morgan fingerprint density at radius 2 is 1.45 bits per heavy atom. The third-order valence-corrected chi connectivity index (χ3v) is 6.22. The maximum atomic E-state index is 13.6. The van der Waals surface area contributed by atoms with E-state index in [9.17, 15) is 32.7 Å². The third kappa shape index (κ3) is 4.37. The van der Waals surface area contributed by atoms with E-state index in [2.05, 4.69) is 10.2 Å². The molecule has 0 saturated carbocycles. The predicted molar refractivity (Wildman–Crippen MR) is 128 cm³/mol. The summed E-state index contributed by atoms with van der Waals surface area (Å²) in [4.78, 5) is 39.9. The highest BCUT2D eigenvalue weighted by molar-refractivity contribution is 6.21. The van der Waals surface area contributed by atoms with Gasteiger partial charge in [0.05, 0.1) is 22.4 Å². The number of nitrogens with zero attached hydrogens (tertiary/aromatic N) is 4. The number of aliphatic hydroxyl groups is 1. The van der Waals surface area contributed by atoms with Gasteiger partial charge < -0.3 is 5.11 Å². The van der Waals surface area contributed by atoms with Crippen LogP contribution in [-0.4, -0.2) is 48.9 Å². The van der Waals surface area contributed by atoms with E-state index in [1.165, 1.54) is 16.7 Å². The molecule has 0 fully saturated rings. The molecule has 0 saturated heterocycles. The fourth-order valence-corrected chi connectivity index (χ4v) is 4.38. The summed E-state index contributed by atoms with van der Waals surface area (Å²) in [5.74, 6) is -1.51. The molecule has 8 nitrogen and oxygen atoms in total. The molecule has 1 aliphatic heterocycles. The first-order valence-corrected chi connectivity index (χ1v) is 11.5. The van der Waals surface area contributed by atoms with Crippen LogP contribution in [0.2, 0.25) is 0 Å². The average Bonchev–Trinajstić information content (AvgIpc) is 3.44. The van der Waals surface area contributed by atoms with Crippen LogP contribution in [0.4, 0.5) is 13.2 Å². The van der Waals surface area contributed by atoms with Gasteiger partial charge in [-0.1, -0.05) is 42.5 Å². The van der Waals surface area contributed by atoms with Crippen LogP contribution in [0.3, 0.4) is 0 Å². The Morgan fingerprint density at radius 1 is 0.842 bits per heavy atom. The largest absolute Gasteiger partial charge is 0.416 e. The molecule has 1 N–H and O–H groups in total. The summed E-state index contributed by atoms with van der Waals surface area (Å²) in [7, 11) is 0. The highest BCUT2D eigenvalue weighted by atomic mass is 19.4. The second kappa shape index (κ2) is 9.67. The molecule has 0 aliphatic carbocycles. The minimum Gasteiger partial charge on any atom is -0.388 e. The Bertz CT molecular complexity index is 1530. The molecule has 4 aromatic rings. The van der Waals surface area contributed by atoms with Crippen LogP contribution >= 0.6 is 0 Å². The number of rotatable bonds is 7. The molecule has 0 atom stereocenters. The molecular formula is C27H19F3N4O4. The highest BCUT2D eigenvalue weighted by Crippen LogP contribution is 2.33. The number of aliphatic hydroxyl groups excluding tert-OH is 1. The lowest BCUT2D eigenvalue weighted by Crippen LogP contribution is -2.32. The molecule has 0 radical (unpaired) electrons. The molecular weight excluding hydrogens is 501 g/mol. The summed E-state index contributed by atoms with van der Waals surface area (Å²) in [6.45, 7) is -0.724. The van der Waals surface area contributed by atoms with Crippen molar-refractivity contribution in [3.63, 3.8) is 0 Å². The van der Waals surface area contributed by atoms with E-state index >= 15 is 0 Å². The van der Waals surface area contributed by atoms with Crippen LogP contribution in [0.25, 0.3) is 5.69 Å². The number of benzene rings is 3. The van der Waals surface area contributed by atoms with Crippen LogP contribution in [0, 0.1) is 0 Å². The number of ketones is 1. The van der Waals surface area contributed by atoms with Crippen LogP contribution in [0.15, 0.2) is 72.8 Å². The minimum atomic E-state index is -4.70. The van der Waals surface area contributed by atoms with Crippen molar-refractivity contribution in [1.29, 1.82) is 0 Å². The molecule has 2 heterocycles. The predicted octanol–water partition coefficient (Wildman–Crippen LogP) is 3.85. The number of alkyl halides is 3. The number of imide groups is 1. The second-order valence-electron chi connectivity index (χ2n) is 8.51. The standard InChI is InChI=1S/C27H19F3N4O4/c28-27(29,30)17-10-11-21(20(14-17)24(36)16-6-2-1-3-7-16)34-22(31-32-23(34)15-35)12-13-33-25(37)18-8-4-5-9-19(18)26(33)38/h1-11,14,35H,12-13,15H2. The van der Waals surface area contributed by atoms with Crippen molar-refractivity contribution in [2.24, 2.45) is 0 Å². The van der Waals surface area contributed by atoms with Gasteiger partial charge in [-0.3, -0.25) is 23.9 Å². The van der Waals surface area contributed by atoms with E-state index in [4.69, 9.17) is 0 Å². The molecule has 1 aliphatic rings. The van der Waals surface area contributed by atoms with Gasteiger partial charge in [-0.15, -0.1) is 10.2 Å². The smallest absolute Gasteiger partial charge is 0.388 e. The molecule has 0 spiro atoms. The first kappa shape index (κ1) is 25.0. The van der Waals surface area contributed by atoms with Crippen LogP contribution in [-0.2, 0) is 19.2 Å². The van der Waals surface area contributed by atoms with E-state index in [1.54, 1.807) is 42.5 Å². The van der Waals surface area contributed by atoms with Gasteiger partial charge in [0.15, 0.2) is 11.6 Å². The van der Waals surface area contributed by atoms with Gasteiger partial charge in [-0.2, -0.15) is 13.2 Å². The normalized spacial score (nSPS) is 13.2. The van der Waals surface area contributed by atoms with Gasteiger partial charge in [0.1, 0.15) is 12.4 Å². The van der Waals surface area contributed by atoms with Gasteiger partial charge in [-0.05, 0) is 30.3 Å². The number of fused-ring (bicyclic) bond motifs is 1. The Hall–Kier alpha value is -4.64. The zero-order valence-electron chi connectivity index (χ0n) is 19.6. The van der Waals surface area contributed by atoms with Crippen molar-refractivity contribution in [2.75, 3.05) is 6.54 Å². The van der Waals surface area contributed by atoms with E-state index in [0.717, 1.165) is 23.1 Å². The topological polar surface area (TPSA) is 105 Å². The van der Waals surface area contributed by atoms with Crippen molar-refractivity contribution >= 4 is 17.6 Å².